The van der Waals surface area contributed by atoms with Gasteiger partial charge in [0.25, 0.3) is 5.91 Å². The van der Waals surface area contributed by atoms with Crippen molar-refractivity contribution >= 4 is 35.0 Å². The number of carbonyl (C=O) groups is 4. The van der Waals surface area contributed by atoms with Gasteiger partial charge in [-0.3, -0.25) is 24.1 Å². The summed E-state index contributed by atoms with van der Waals surface area (Å²) in [5.41, 5.74) is 1.24. The van der Waals surface area contributed by atoms with Crippen molar-refractivity contribution in [1.29, 1.82) is 0 Å². The van der Waals surface area contributed by atoms with Crippen molar-refractivity contribution in [2.45, 2.75) is 91.3 Å². The highest BCUT2D eigenvalue weighted by Crippen LogP contribution is 2.30. The molecule has 0 saturated carbocycles. The maximum atomic E-state index is 13.4. The molecule has 0 radical (unpaired) electrons. The van der Waals surface area contributed by atoms with Crippen LogP contribution in [0, 0.1) is 11.8 Å². The fourth-order valence-electron chi connectivity index (χ4n) is 5.31. The van der Waals surface area contributed by atoms with Crippen LogP contribution in [0.5, 0.6) is 0 Å². The molecule has 0 aliphatic carbocycles. The van der Waals surface area contributed by atoms with E-state index >= 15 is 0 Å². The first-order valence-corrected chi connectivity index (χ1v) is 17.6. The van der Waals surface area contributed by atoms with Crippen molar-refractivity contribution in [3.63, 3.8) is 0 Å². The third-order valence-corrected chi connectivity index (χ3v) is 9.07. The van der Waals surface area contributed by atoms with E-state index in [0.29, 0.717) is 24.5 Å². The molecule has 262 valence electrons. The van der Waals surface area contributed by atoms with Crippen LogP contribution in [0.15, 0.2) is 35.7 Å². The molecule has 4 atom stereocenters. The van der Waals surface area contributed by atoms with Crippen LogP contribution in [0.1, 0.15) is 93.9 Å². The molecule has 0 aliphatic rings. The highest BCUT2D eigenvalue weighted by molar-refractivity contribution is 7.09. The number of aliphatic carboxylic acids is 1. The normalized spacial score (nSPS) is 14.0. The van der Waals surface area contributed by atoms with E-state index in [-0.39, 0.29) is 54.9 Å². The predicted molar refractivity (Wildman–Crippen MR) is 185 cm³/mol. The van der Waals surface area contributed by atoms with Crippen LogP contribution in [0.2, 0.25) is 0 Å². The second-order valence-corrected chi connectivity index (χ2v) is 13.6. The number of nitrogens with one attached hydrogen (secondary N) is 2. The summed E-state index contributed by atoms with van der Waals surface area (Å²) in [6, 6.07) is 9.05. The number of benzene rings is 1. The maximum Gasteiger partial charge on any atom is 0.306 e. The van der Waals surface area contributed by atoms with Crippen LogP contribution in [0.4, 0.5) is 0 Å². The zero-order chi connectivity index (χ0) is 34.9. The van der Waals surface area contributed by atoms with Crippen molar-refractivity contribution in [2.24, 2.45) is 11.8 Å². The molecule has 0 bridgehead atoms. The zero-order valence-corrected chi connectivity index (χ0v) is 30.0. The summed E-state index contributed by atoms with van der Waals surface area (Å²) in [7, 11) is 3.64. The van der Waals surface area contributed by atoms with Gasteiger partial charge in [-0.2, -0.15) is 0 Å². The van der Waals surface area contributed by atoms with Gasteiger partial charge >= 0.3 is 5.97 Å². The van der Waals surface area contributed by atoms with Crippen LogP contribution >= 0.6 is 11.3 Å². The van der Waals surface area contributed by atoms with E-state index in [1.165, 1.54) is 11.3 Å². The average molecular weight is 674 g/mol. The van der Waals surface area contributed by atoms with Crippen molar-refractivity contribution < 1.29 is 29.0 Å². The van der Waals surface area contributed by atoms with E-state index in [4.69, 9.17) is 4.74 Å². The number of nitrogens with zero attached hydrogens (tertiary/aromatic N) is 3. The van der Waals surface area contributed by atoms with Gasteiger partial charge in [0.1, 0.15) is 16.8 Å². The van der Waals surface area contributed by atoms with Gasteiger partial charge in [0.15, 0.2) is 0 Å². The van der Waals surface area contributed by atoms with Gasteiger partial charge in [0.2, 0.25) is 11.8 Å². The Hall–Kier alpha value is -3.35. The molecule has 2 aromatic rings. The van der Waals surface area contributed by atoms with Gasteiger partial charge in [-0.1, -0.05) is 71.4 Å². The van der Waals surface area contributed by atoms with Crippen molar-refractivity contribution in [3.05, 3.63) is 52.0 Å². The second-order valence-electron chi connectivity index (χ2n) is 12.7. The van der Waals surface area contributed by atoms with E-state index in [9.17, 15) is 24.3 Å². The molecular formula is C35H55N5O6S. The first-order chi connectivity index (χ1) is 22.4. The number of unbranched alkanes of at least 4 members (excludes halogenated alkanes) is 1. The van der Waals surface area contributed by atoms with Gasteiger partial charge in [0, 0.05) is 37.5 Å². The minimum atomic E-state index is -0.912. The van der Waals surface area contributed by atoms with Crippen molar-refractivity contribution in [1.82, 2.24) is 25.4 Å². The number of rotatable bonds is 22. The van der Waals surface area contributed by atoms with Crippen LogP contribution < -0.4 is 10.6 Å². The molecule has 0 saturated heterocycles. The van der Waals surface area contributed by atoms with Crippen molar-refractivity contribution in [3.8, 4) is 0 Å². The molecular weight excluding hydrogens is 618 g/mol. The number of thiazole rings is 1. The zero-order valence-electron chi connectivity index (χ0n) is 29.2. The standard InChI is InChI=1S/C35H55N5O6S/c1-8-10-16-39(6)22-31(41)36-21-32(42)40(7)29(24(3)4)20-30(46-17-9-2)34-38-28(23-47-34)33(43)37-27(18-25(5)35(44)45)19-26-14-12-11-13-15-26/h11-15,23-25,27,29-30H,8-10,16-22H2,1-7H3,(H,36,41)(H,37,43)(H,44,45)/t25-,27-,29?,30-/m1/s1. The SMILES string of the molecule is CCCCN(C)CC(=O)NCC(=O)N(C)C(C[C@@H](OCCC)c1nc(C(=O)N[C@@H](Cc2ccccc2)C[C@@H](C)C(=O)O)cs1)C(C)C. The number of carbonyl (C=O) groups excluding carboxylic acids is 3. The topological polar surface area (TPSA) is 141 Å². The summed E-state index contributed by atoms with van der Waals surface area (Å²) in [4.78, 5) is 58.8. The summed E-state index contributed by atoms with van der Waals surface area (Å²) in [6.45, 7) is 11.3. The molecule has 0 aliphatic heterocycles. The summed E-state index contributed by atoms with van der Waals surface area (Å²) < 4.78 is 6.23. The first kappa shape index (κ1) is 39.8. The number of amides is 3. The van der Waals surface area contributed by atoms with Gasteiger partial charge in [0.05, 0.1) is 19.0 Å². The molecule has 47 heavy (non-hydrogen) atoms. The van der Waals surface area contributed by atoms with Crippen LogP contribution in [-0.4, -0.2) is 96.0 Å². The number of hydrogen-bond donors (Lipinski definition) is 3. The van der Waals surface area contributed by atoms with Crippen LogP contribution in [0.3, 0.4) is 0 Å². The average Bonchev–Trinajstić information content (AvgIpc) is 3.53. The number of hydrogen-bond acceptors (Lipinski definition) is 8. The minimum absolute atomic E-state index is 0.0882. The second kappa shape index (κ2) is 20.8. The van der Waals surface area contributed by atoms with Gasteiger partial charge in [-0.05, 0) is 50.8 Å². The Labute approximate surface area is 284 Å². The smallest absolute Gasteiger partial charge is 0.306 e. The Balaban J connectivity index is 2.14. The lowest BCUT2D eigenvalue weighted by molar-refractivity contribution is -0.141. The molecule has 0 fully saturated rings. The summed E-state index contributed by atoms with van der Waals surface area (Å²) >= 11 is 1.33. The lowest BCUT2D eigenvalue weighted by Gasteiger charge is -2.34. The minimum Gasteiger partial charge on any atom is -0.481 e. The molecule has 0 spiro atoms. The van der Waals surface area contributed by atoms with E-state index in [1.807, 2.05) is 63.1 Å². The molecule has 11 nitrogen and oxygen atoms in total. The molecule has 3 amide bonds. The Morgan fingerprint density at radius 1 is 1.02 bits per heavy atom. The van der Waals surface area contributed by atoms with E-state index in [1.54, 1.807) is 24.3 Å². The molecule has 1 aromatic carbocycles. The molecule has 12 heteroatoms. The molecule has 3 N–H and O–H groups in total. The van der Waals surface area contributed by atoms with E-state index in [2.05, 4.69) is 22.5 Å². The van der Waals surface area contributed by atoms with Crippen LogP contribution in [0.25, 0.3) is 0 Å². The molecule has 1 aromatic heterocycles. The number of ether oxygens (including phenoxy) is 1. The van der Waals surface area contributed by atoms with Gasteiger partial charge in [-0.25, -0.2) is 4.98 Å². The molecule has 1 unspecified atom stereocenters. The van der Waals surface area contributed by atoms with E-state index in [0.717, 1.165) is 31.4 Å². The predicted octanol–water partition coefficient (Wildman–Crippen LogP) is 4.78. The Kier molecular flexibility index (Phi) is 17.6. The highest BCUT2D eigenvalue weighted by atomic mass is 32.1. The van der Waals surface area contributed by atoms with Crippen LogP contribution in [-0.2, 0) is 25.5 Å². The van der Waals surface area contributed by atoms with Crippen molar-refractivity contribution in [2.75, 3.05) is 40.3 Å². The Morgan fingerprint density at radius 3 is 2.34 bits per heavy atom. The van der Waals surface area contributed by atoms with Gasteiger partial charge < -0.3 is 25.4 Å². The largest absolute Gasteiger partial charge is 0.481 e. The number of carboxylic acid groups (broad SMARTS) is 1. The summed E-state index contributed by atoms with van der Waals surface area (Å²) in [5.74, 6) is -2.21. The quantitative estimate of drug-likeness (QED) is 0.162. The Bertz CT molecular complexity index is 1260. The fourth-order valence-corrected chi connectivity index (χ4v) is 6.17. The number of carboxylic acids is 1. The first-order valence-electron chi connectivity index (χ1n) is 16.7. The van der Waals surface area contributed by atoms with E-state index < -0.39 is 24.0 Å². The number of likely N-dealkylation sites (N-methyl/N-ethyl adjacent to an activating group) is 2. The maximum absolute atomic E-state index is 13.4. The lowest BCUT2D eigenvalue weighted by atomic mass is 9.96. The third kappa shape index (κ3) is 14.1. The number of aromatic nitrogens is 1. The highest BCUT2D eigenvalue weighted by Gasteiger charge is 2.30. The summed E-state index contributed by atoms with van der Waals surface area (Å²) in [5, 5.41) is 17.6. The van der Waals surface area contributed by atoms with Gasteiger partial charge in [-0.15, -0.1) is 11.3 Å². The lowest BCUT2D eigenvalue weighted by Crippen LogP contribution is -2.47. The molecule has 1 heterocycles. The Morgan fingerprint density at radius 2 is 1.72 bits per heavy atom. The third-order valence-electron chi connectivity index (χ3n) is 8.13. The summed E-state index contributed by atoms with van der Waals surface area (Å²) in [6.07, 6.45) is 3.64. The molecule has 2 rings (SSSR count). The fraction of sp³-hybridized carbons (Fsp3) is 0.629. The monoisotopic (exact) mass is 673 g/mol.